The fourth-order valence-corrected chi connectivity index (χ4v) is 1.96. The molecule has 0 aliphatic carbocycles. The van der Waals surface area contributed by atoms with E-state index in [1.807, 2.05) is 13.8 Å². The average molecular weight is 296 g/mol. The van der Waals surface area contributed by atoms with Crippen molar-refractivity contribution in [3.05, 3.63) is 33.9 Å². The summed E-state index contributed by atoms with van der Waals surface area (Å²) in [5.41, 5.74) is -0.0913. The highest BCUT2D eigenvalue weighted by molar-refractivity contribution is 5.94. The van der Waals surface area contributed by atoms with E-state index >= 15 is 0 Å². The molecule has 1 aromatic rings. The fraction of sp³-hybridized carbons (Fsp3) is 0.500. The minimum atomic E-state index is -1.14. The van der Waals surface area contributed by atoms with Gasteiger partial charge in [-0.1, -0.05) is 13.8 Å². The molecule has 0 unspecified atom stereocenters. The molecule has 0 aliphatic heterocycles. The Bertz CT molecular complexity index is 528. The number of nitrogens with zero attached hydrogens (tertiary/aromatic N) is 1. The number of aliphatic hydroxyl groups is 1. The van der Waals surface area contributed by atoms with Gasteiger partial charge in [0, 0.05) is 25.3 Å². The lowest BCUT2D eigenvalue weighted by Crippen LogP contribution is -2.24. The number of carboxylic acids is 1. The summed E-state index contributed by atoms with van der Waals surface area (Å²) in [7, 11) is 0. The molecule has 0 atom stereocenters. The van der Waals surface area contributed by atoms with Crippen LogP contribution in [0, 0.1) is 15.5 Å². The highest BCUT2D eigenvalue weighted by Crippen LogP contribution is 2.27. The van der Waals surface area contributed by atoms with Gasteiger partial charge < -0.3 is 15.5 Å². The standard InChI is InChI=1S/C14H20N2O5/c1-14(2,6-3-7-17)9-15-12-8-10(16(20)21)4-5-11(12)13(18)19/h4-5,8,15,17H,3,6-7,9H2,1-2H3,(H,18,19). The molecule has 7 nitrogen and oxygen atoms in total. The van der Waals surface area contributed by atoms with Gasteiger partial charge in [0.15, 0.2) is 0 Å². The van der Waals surface area contributed by atoms with Gasteiger partial charge in [-0.25, -0.2) is 4.79 Å². The summed E-state index contributed by atoms with van der Waals surface area (Å²) < 4.78 is 0. The van der Waals surface area contributed by atoms with Crippen molar-refractivity contribution in [2.24, 2.45) is 5.41 Å². The Labute approximate surface area is 122 Å². The van der Waals surface area contributed by atoms with Gasteiger partial charge in [-0.15, -0.1) is 0 Å². The van der Waals surface area contributed by atoms with Crippen LogP contribution in [0.15, 0.2) is 18.2 Å². The van der Waals surface area contributed by atoms with Crippen molar-refractivity contribution < 1.29 is 19.9 Å². The molecule has 3 N–H and O–H groups in total. The van der Waals surface area contributed by atoms with E-state index in [0.717, 1.165) is 6.42 Å². The Morgan fingerprint density at radius 2 is 2.10 bits per heavy atom. The largest absolute Gasteiger partial charge is 0.478 e. The molecule has 0 saturated heterocycles. The smallest absolute Gasteiger partial charge is 0.337 e. The minimum Gasteiger partial charge on any atom is -0.478 e. The number of nitro benzene ring substituents is 1. The SMILES string of the molecule is CC(C)(CCCO)CNc1cc([N+](=O)[O-])ccc1C(=O)O. The monoisotopic (exact) mass is 296 g/mol. The number of nitrogens with one attached hydrogen (secondary N) is 1. The summed E-state index contributed by atoms with van der Waals surface area (Å²) in [6, 6.07) is 3.63. The number of non-ortho nitro benzene ring substituents is 1. The molecule has 1 rings (SSSR count). The van der Waals surface area contributed by atoms with E-state index in [4.69, 9.17) is 10.2 Å². The summed E-state index contributed by atoms with van der Waals surface area (Å²) in [6.45, 7) is 4.51. The Kier molecular flexibility index (Phi) is 5.66. The molecular weight excluding hydrogens is 276 g/mol. The number of carboxylic acid groups (broad SMARTS) is 1. The van der Waals surface area contributed by atoms with Crippen molar-refractivity contribution >= 4 is 17.3 Å². The minimum absolute atomic E-state index is 0.00134. The van der Waals surface area contributed by atoms with Crippen LogP contribution < -0.4 is 5.32 Å². The van der Waals surface area contributed by atoms with Gasteiger partial charge in [-0.3, -0.25) is 10.1 Å². The number of nitro groups is 1. The summed E-state index contributed by atoms with van der Waals surface area (Å²) in [6.07, 6.45) is 1.41. The maximum Gasteiger partial charge on any atom is 0.337 e. The number of rotatable bonds is 8. The van der Waals surface area contributed by atoms with E-state index in [1.54, 1.807) is 0 Å². The first-order chi connectivity index (χ1) is 9.76. The van der Waals surface area contributed by atoms with Gasteiger partial charge in [-0.05, 0) is 24.3 Å². The predicted molar refractivity (Wildman–Crippen MR) is 78.6 cm³/mol. The van der Waals surface area contributed by atoms with E-state index in [9.17, 15) is 14.9 Å². The normalized spacial score (nSPS) is 11.2. The van der Waals surface area contributed by atoms with Crippen LogP contribution in [0.1, 0.15) is 37.0 Å². The zero-order valence-corrected chi connectivity index (χ0v) is 12.1. The Morgan fingerprint density at radius 3 is 2.62 bits per heavy atom. The van der Waals surface area contributed by atoms with E-state index in [2.05, 4.69) is 5.32 Å². The zero-order chi connectivity index (χ0) is 16.0. The van der Waals surface area contributed by atoms with Crippen molar-refractivity contribution in [2.45, 2.75) is 26.7 Å². The molecule has 0 heterocycles. The Balaban J connectivity index is 2.92. The first kappa shape index (κ1) is 16.9. The van der Waals surface area contributed by atoms with Crippen LogP contribution in [0.25, 0.3) is 0 Å². The Hall–Kier alpha value is -2.15. The lowest BCUT2D eigenvalue weighted by atomic mass is 9.87. The number of aliphatic hydroxyl groups excluding tert-OH is 1. The molecule has 0 spiro atoms. The zero-order valence-electron chi connectivity index (χ0n) is 12.1. The maximum atomic E-state index is 11.2. The average Bonchev–Trinajstić information content (AvgIpc) is 2.42. The van der Waals surface area contributed by atoms with Crippen LogP contribution in [0.5, 0.6) is 0 Å². The molecule has 0 saturated carbocycles. The van der Waals surface area contributed by atoms with E-state index < -0.39 is 10.9 Å². The van der Waals surface area contributed by atoms with Gasteiger partial charge >= 0.3 is 5.97 Å². The molecule has 7 heteroatoms. The number of anilines is 1. The first-order valence-corrected chi connectivity index (χ1v) is 6.63. The lowest BCUT2D eigenvalue weighted by molar-refractivity contribution is -0.384. The fourth-order valence-electron chi connectivity index (χ4n) is 1.96. The van der Waals surface area contributed by atoms with E-state index in [1.165, 1.54) is 18.2 Å². The predicted octanol–water partition coefficient (Wildman–Crippen LogP) is 2.50. The summed E-state index contributed by atoms with van der Waals surface area (Å²) >= 11 is 0. The summed E-state index contributed by atoms with van der Waals surface area (Å²) in [4.78, 5) is 21.4. The number of hydrogen-bond acceptors (Lipinski definition) is 5. The molecule has 0 amide bonds. The molecule has 21 heavy (non-hydrogen) atoms. The van der Waals surface area contributed by atoms with Crippen LogP contribution >= 0.6 is 0 Å². The van der Waals surface area contributed by atoms with Crippen LogP contribution in [0.4, 0.5) is 11.4 Å². The van der Waals surface area contributed by atoms with Crippen molar-refractivity contribution in [3.8, 4) is 0 Å². The van der Waals surface area contributed by atoms with Crippen molar-refractivity contribution in [2.75, 3.05) is 18.5 Å². The highest BCUT2D eigenvalue weighted by Gasteiger charge is 2.20. The number of benzene rings is 1. The van der Waals surface area contributed by atoms with Gasteiger partial charge in [-0.2, -0.15) is 0 Å². The third kappa shape index (κ3) is 5.03. The number of hydrogen-bond donors (Lipinski definition) is 3. The quantitative estimate of drug-likeness (QED) is 0.502. The van der Waals surface area contributed by atoms with Crippen molar-refractivity contribution in [1.29, 1.82) is 0 Å². The Morgan fingerprint density at radius 1 is 1.43 bits per heavy atom. The molecule has 0 radical (unpaired) electrons. The first-order valence-electron chi connectivity index (χ1n) is 6.63. The van der Waals surface area contributed by atoms with Crippen LogP contribution in [0.3, 0.4) is 0 Å². The van der Waals surface area contributed by atoms with Gasteiger partial charge in [0.05, 0.1) is 16.2 Å². The molecule has 1 aromatic carbocycles. The van der Waals surface area contributed by atoms with Crippen molar-refractivity contribution in [1.82, 2.24) is 0 Å². The van der Waals surface area contributed by atoms with Gasteiger partial charge in [0.2, 0.25) is 0 Å². The molecule has 0 bridgehead atoms. The third-order valence-electron chi connectivity index (χ3n) is 3.21. The van der Waals surface area contributed by atoms with Gasteiger partial charge in [0.25, 0.3) is 5.69 Å². The maximum absolute atomic E-state index is 11.2. The molecule has 0 aromatic heterocycles. The molecule has 0 fully saturated rings. The van der Waals surface area contributed by atoms with Crippen molar-refractivity contribution in [3.63, 3.8) is 0 Å². The topological polar surface area (TPSA) is 113 Å². The van der Waals surface area contributed by atoms with E-state index in [0.29, 0.717) is 13.0 Å². The number of aromatic carboxylic acids is 1. The van der Waals surface area contributed by atoms with Gasteiger partial charge in [0.1, 0.15) is 0 Å². The third-order valence-corrected chi connectivity index (χ3v) is 3.21. The highest BCUT2D eigenvalue weighted by atomic mass is 16.6. The van der Waals surface area contributed by atoms with Crippen LogP contribution in [0.2, 0.25) is 0 Å². The van der Waals surface area contributed by atoms with E-state index in [-0.39, 0.29) is 29.0 Å². The molecule has 0 aliphatic rings. The van der Waals surface area contributed by atoms with Crippen LogP contribution in [-0.4, -0.2) is 34.3 Å². The molecular formula is C14H20N2O5. The molecule has 116 valence electrons. The summed E-state index contributed by atoms with van der Waals surface area (Å²) in [5, 5.41) is 31.7. The second-order valence-corrected chi connectivity index (χ2v) is 5.64. The van der Waals surface area contributed by atoms with Crippen LogP contribution in [-0.2, 0) is 0 Å². The number of carbonyl (C=O) groups is 1. The second-order valence-electron chi connectivity index (χ2n) is 5.64. The second kappa shape index (κ2) is 7.03. The lowest BCUT2D eigenvalue weighted by Gasteiger charge is -2.25. The summed E-state index contributed by atoms with van der Waals surface area (Å²) in [5.74, 6) is -1.14.